The molecule has 0 aliphatic carbocycles. The predicted molar refractivity (Wildman–Crippen MR) is 70.5 cm³/mol. The van der Waals surface area contributed by atoms with Gasteiger partial charge in [0.2, 0.25) is 0 Å². The smallest absolute Gasteiger partial charge is 0.410 e. The molecule has 0 saturated carbocycles. The van der Waals surface area contributed by atoms with Crippen LogP contribution in [0.4, 0.5) is 4.79 Å². The van der Waals surface area contributed by atoms with Gasteiger partial charge in [-0.25, -0.2) is 4.79 Å². The SMILES string of the molecule is CC(NC1CN(C(=O)OC(C)(C)C)C1)C(C)(C)O. The van der Waals surface area contributed by atoms with Crippen molar-refractivity contribution in [2.75, 3.05) is 13.1 Å². The summed E-state index contributed by atoms with van der Waals surface area (Å²) in [5, 5.41) is 13.1. The first-order chi connectivity index (χ1) is 7.99. The quantitative estimate of drug-likeness (QED) is 0.802. The van der Waals surface area contributed by atoms with Gasteiger partial charge in [-0.3, -0.25) is 0 Å². The highest BCUT2D eigenvalue weighted by Gasteiger charge is 2.36. The van der Waals surface area contributed by atoms with Crippen LogP contribution in [0.15, 0.2) is 0 Å². The van der Waals surface area contributed by atoms with Crippen molar-refractivity contribution in [1.29, 1.82) is 0 Å². The van der Waals surface area contributed by atoms with Crippen molar-refractivity contribution < 1.29 is 14.6 Å². The van der Waals surface area contributed by atoms with Crippen LogP contribution >= 0.6 is 0 Å². The number of nitrogens with zero attached hydrogens (tertiary/aromatic N) is 1. The van der Waals surface area contributed by atoms with E-state index in [1.165, 1.54) is 0 Å². The third kappa shape index (κ3) is 4.46. The Hall–Kier alpha value is -0.810. The number of rotatable bonds is 3. The van der Waals surface area contributed by atoms with Gasteiger partial charge in [0, 0.05) is 25.2 Å². The second-order valence-corrected chi connectivity index (χ2v) is 6.62. The minimum absolute atomic E-state index is 0.0108. The average molecular weight is 258 g/mol. The highest BCUT2D eigenvalue weighted by molar-refractivity contribution is 5.69. The predicted octanol–water partition coefficient (Wildman–Crippen LogP) is 1.35. The fourth-order valence-electron chi connectivity index (χ4n) is 1.62. The lowest BCUT2D eigenvalue weighted by Crippen LogP contribution is -2.64. The fraction of sp³-hybridized carbons (Fsp3) is 0.923. The van der Waals surface area contributed by atoms with Crippen molar-refractivity contribution in [3.8, 4) is 0 Å². The van der Waals surface area contributed by atoms with E-state index < -0.39 is 11.2 Å². The second kappa shape index (κ2) is 5.05. The molecule has 5 nitrogen and oxygen atoms in total. The first-order valence-electron chi connectivity index (χ1n) is 6.45. The van der Waals surface area contributed by atoms with Crippen LogP contribution in [0, 0.1) is 0 Å². The molecule has 0 spiro atoms. The van der Waals surface area contributed by atoms with E-state index in [0.29, 0.717) is 13.1 Å². The van der Waals surface area contributed by atoms with Gasteiger partial charge in [-0.05, 0) is 41.5 Å². The van der Waals surface area contributed by atoms with Gasteiger partial charge in [0.15, 0.2) is 0 Å². The third-order valence-corrected chi connectivity index (χ3v) is 3.08. The van der Waals surface area contributed by atoms with E-state index in [9.17, 15) is 9.90 Å². The molecule has 1 rings (SSSR count). The van der Waals surface area contributed by atoms with Crippen LogP contribution in [0.3, 0.4) is 0 Å². The van der Waals surface area contributed by atoms with Crippen LogP contribution in [0.5, 0.6) is 0 Å². The van der Waals surface area contributed by atoms with Crippen molar-refractivity contribution in [3.05, 3.63) is 0 Å². The minimum Gasteiger partial charge on any atom is -0.444 e. The summed E-state index contributed by atoms with van der Waals surface area (Å²) >= 11 is 0. The summed E-state index contributed by atoms with van der Waals surface area (Å²) in [7, 11) is 0. The van der Waals surface area contributed by atoms with E-state index in [-0.39, 0.29) is 18.2 Å². The monoisotopic (exact) mass is 258 g/mol. The molecule has 106 valence electrons. The molecule has 1 atom stereocenters. The fourth-order valence-corrected chi connectivity index (χ4v) is 1.62. The second-order valence-electron chi connectivity index (χ2n) is 6.62. The van der Waals surface area contributed by atoms with Crippen LogP contribution in [0.25, 0.3) is 0 Å². The highest BCUT2D eigenvalue weighted by Crippen LogP contribution is 2.17. The van der Waals surface area contributed by atoms with Crippen molar-refractivity contribution in [2.45, 2.75) is 64.8 Å². The van der Waals surface area contributed by atoms with Gasteiger partial charge >= 0.3 is 6.09 Å². The zero-order chi connectivity index (χ0) is 14.1. The van der Waals surface area contributed by atoms with Crippen LogP contribution in [-0.4, -0.2) is 52.5 Å². The molecule has 1 heterocycles. The molecule has 0 radical (unpaired) electrons. The van der Waals surface area contributed by atoms with Crippen LogP contribution < -0.4 is 5.32 Å². The maximum absolute atomic E-state index is 11.7. The largest absolute Gasteiger partial charge is 0.444 e. The highest BCUT2D eigenvalue weighted by atomic mass is 16.6. The number of nitrogens with one attached hydrogen (secondary N) is 1. The Balaban J connectivity index is 2.30. The van der Waals surface area contributed by atoms with E-state index in [2.05, 4.69) is 5.32 Å². The van der Waals surface area contributed by atoms with Crippen molar-refractivity contribution in [3.63, 3.8) is 0 Å². The van der Waals surface area contributed by atoms with E-state index >= 15 is 0 Å². The van der Waals surface area contributed by atoms with Gasteiger partial charge in [-0.1, -0.05) is 0 Å². The van der Waals surface area contributed by atoms with Crippen molar-refractivity contribution in [2.24, 2.45) is 0 Å². The first kappa shape index (κ1) is 15.2. The maximum atomic E-state index is 11.7. The van der Waals surface area contributed by atoms with Gasteiger partial charge in [0.25, 0.3) is 0 Å². The molecule has 18 heavy (non-hydrogen) atoms. The molecule has 1 amide bonds. The van der Waals surface area contributed by atoms with E-state index in [0.717, 1.165) is 0 Å². The van der Waals surface area contributed by atoms with E-state index in [4.69, 9.17) is 4.74 Å². The lowest BCUT2D eigenvalue weighted by atomic mass is 9.98. The Kier molecular flexibility index (Phi) is 4.28. The van der Waals surface area contributed by atoms with E-state index in [1.807, 2.05) is 27.7 Å². The summed E-state index contributed by atoms with van der Waals surface area (Å²) in [4.78, 5) is 13.4. The molecule has 5 heteroatoms. The summed E-state index contributed by atoms with van der Waals surface area (Å²) < 4.78 is 5.27. The molecule has 1 saturated heterocycles. The Morgan fingerprint density at radius 1 is 1.33 bits per heavy atom. The molecule has 0 aromatic carbocycles. The van der Waals surface area contributed by atoms with Gasteiger partial charge in [0.05, 0.1) is 5.60 Å². The zero-order valence-corrected chi connectivity index (χ0v) is 12.3. The molecule has 0 aromatic heterocycles. The Morgan fingerprint density at radius 2 is 1.83 bits per heavy atom. The van der Waals surface area contributed by atoms with Gasteiger partial charge in [0.1, 0.15) is 5.60 Å². The van der Waals surface area contributed by atoms with E-state index in [1.54, 1.807) is 18.7 Å². The number of likely N-dealkylation sites (tertiary alicyclic amines) is 1. The number of hydrogen-bond donors (Lipinski definition) is 2. The average Bonchev–Trinajstić information content (AvgIpc) is 2.04. The number of amides is 1. The molecule has 1 aliphatic heterocycles. The number of carbonyl (C=O) groups is 1. The molecule has 1 aliphatic rings. The number of carbonyl (C=O) groups excluding carboxylic acids is 1. The summed E-state index contributed by atoms with van der Waals surface area (Å²) in [6.45, 7) is 12.3. The molecule has 0 aromatic rings. The number of ether oxygens (including phenoxy) is 1. The van der Waals surface area contributed by atoms with Gasteiger partial charge < -0.3 is 20.1 Å². The van der Waals surface area contributed by atoms with Crippen molar-refractivity contribution >= 4 is 6.09 Å². The van der Waals surface area contributed by atoms with Crippen LogP contribution in [0.1, 0.15) is 41.5 Å². The number of aliphatic hydroxyl groups is 1. The Labute approximate surface area is 109 Å². The zero-order valence-electron chi connectivity index (χ0n) is 12.3. The summed E-state index contributed by atoms with van der Waals surface area (Å²) in [6, 6.07) is 0.224. The maximum Gasteiger partial charge on any atom is 0.410 e. The van der Waals surface area contributed by atoms with Crippen LogP contribution in [0.2, 0.25) is 0 Å². The van der Waals surface area contributed by atoms with Gasteiger partial charge in [-0.2, -0.15) is 0 Å². The lowest BCUT2D eigenvalue weighted by molar-refractivity contribution is -0.00519. The topological polar surface area (TPSA) is 61.8 Å². The minimum atomic E-state index is -0.758. The lowest BCUT2D eigenvalue weighted by Gasteiger charge is -2.43. The third-order valence-electron chi connectivity index (χ3n) is 3.08. The molecular weight excluding hydrogens is 232 g/mol. The summed E-state index contributed by atoms with van der Waals surface area (Å²) in [6.07, 6.45) is -0.267. The molecule has 2 N–H and O–H groups in total. The standard InChI is InChI=1S/C13H26N2O3/c1-9(13(5,6)17)14-10-7-15(8-10)11(16)18-12(2,3)4/h9-10,14,17H,7-8H2,1-6H3. The Morgan fingerprint density at radius 3 is 2.22 bits per heavy atom. The molecular formula is C13H26N2O3. The van der Waals surface area contributed by atoms with Crippen LogP contribution in [-0.2, 0) is 4.74 Å². The number of hydrogen-bond acceptors (Lipinski definition) is 4. The Bertz CT molecular complexity index is 298. The first-order valence-corrected chi connectivity index (χ1v) is 6.45. The molecule has 1 fully saturated rings. The normalized spacial score (nSPS) is 19.4. The summed E-state index contributed by atoms with van der Waals surface area (Å²) in [5.74, 6) is 0. The summed E-state index contributed by atoms with van der Waals surface area (Å²) in [5.41, 5.74) is -1.21. The van der Waals surface area contributed by atoms with Crippen molar-refractivity contribution in [1.82, 2.24) is 10.2 Å². The van der Waals surface area contributed by atoms with Gasteiger partial charge in [-0.15, -0.1) is 0 Å². The molecule has 1 unspecified atom stereocenters. The molecule has 0 bridgehead atoms.